The molecule has 0 radical (unpaired) electrons. The number of amides is 1. The molecule has 2 aromatic rings. The van der Waals surface area contributed by atoms with E-state index in [1.807, 2.05) is 49.4 Å². The molecule has 0 bridgehead atoms. The summed E-state index contributed by atoms with van der Waals surface area (Å²) in [6.45, 7) is 1.97. The number of anilines is 1. The van der Waals surface area contributed by atoms with Crippen LogP contribution in [0.1, 0.15) is 22.3 Å². The molecule has 1 aliphatic heterocycles. The molecule has 1 atom stereocenters. The number of thioether (sulfide) groups is 1. The summed E-state index contributed by atoms with van der Waals surface area (Å²) >= 11 is 1.42. The van der Waals surface area contributed by atoms with Crippen LogP contribution in [0, 0.1) is 6.92 Å². The van der Waals surface area contributed by atoms with E-state index in [0.717, 1.165) is 16.1 Å². The van der Waals surface area contributed by atoms with Crippen LogP contribution in [0.3, 0.4) is 0 Å². The Balaban J connectivity index is 2.05. The second-order valence-electron chi connectivity index (χ2n) is 5.18. The summed E-state index contributed by atoms with van der Waals surface area (Å²) in [7, 11) is 0. The summed E-state index contributed by atoms with van der Waals surface area (Å²) in [6.07, 6.45) is -0.0986. The molecule has 22 heavy (non-hydrogen) atoms. The van der Waals surface area contributed by atoms with Gasteiger partial charge >= 0.3 is 5.97 Å². The van der Waals surface area contributed by atoms with Gasteiger partial charge in [-0.25, -0.2) is 0 Å². The number of hydrogen-bond acceptors (Lipinski definition) is 3. The predicted molar refractivity (Wildman–Crippen MR) is 86.3 cm³/mol. The van der Waals surface area contributed by atoms with Gasteiger partial charge in [-0.3, -0.25) is 14.5 Å². The van der Waals surface area contributed by atoms with E-state index in [1.165, 1.54) is 11.8 Å². The maximum Gasteiger partial charge on any atom is 0.306 e. The molecule has 2 aromatic carbocycles. The van der Waals surface area contributed by atoms with Gasteiger partial charge in [-0.05, 0) is 31.2 Å². The summed E-state index contributed by atoms with van der Waals surface area (Å²) < 4.78 is 0. The number of carbonyl (C=O) groups excluding carboxylic acids is 1. The fourth-order valence-electron chi connectivity index (χ4n) is 2.48. The smallest absolute Gasteiger partial charge is 0.306 e. The highest BCUT2D eigenvalue weighted by Crippen LogP contribution is 2.39. The van der Waals surface area contributed by atoms with Crippen LogP contribution in [-0.4, -0.2) is 22.4 Å². The maximum absolute atomic E-state index is 12.8. The van der Waals surface area contributed by atoms with Gasteiger partial charge < -0.3 is 5.11 Å². The molecule has 0 spiro atoms. The molecule has 0 fully saturated rings. The maximum atomic E-state index is 12.8. The van der Waals surface area contributed by atoms with E-state index in [9.17, 15) is 9.59 Å². The highest BCUT2D eigenvalue weighted by molar-refractivity contribution is 8.00. The second-order valence-corrected chi connectivity index (χ2v) is 6.40. The molecule has 1 heterocycles. The van der Waals surface area contributed by atoms with Crippen molar-refractivity contribution >= 4 is 29.3 Å². The van der Waals surface area contributed by atoms with Crippen molar-refractivity contribution in [2.24, 2.45) is 0 Å². The van der Waals surface area contributed by atoms with E-state index in [4.69, 9.17) is 5.11 Å². The number of rotatable bonds is 3. The van der Waals surface area contributed by atoms with Gasteiger partial charge in [-0.2, -0.15) is 0 Å². The van der Waals surface area contributed by atoms with Crippen molar-refractivity contribution in [2.45, 2.75) is 23.6 Å². The fraction of sp³-hybridized carbons (Fsp3) is 0.176. The van der Waals surface area contributed by atoms with Gasteiger partial charge in [0.25, 0.3) is 5.91 Å². The SMILES string of the molecule is Cc1ccc(N2C(=O)c3ccccc3SC2CC(=O)O)cc1. The quantitative estimate of drug-likeness (QED) is 0.941. The average Bonchev–Trinajstić information content (AvgIpc) is 2.48. The Hall–Kier alpha value is -2.27. The van der Waals surface area contributed by atoms with Crippen molar-refractivity contribution in [3.8, 4) is 0 Å². The van der Waals surface area contributed by atoms with Crippen LogP contribution < -0.4 is 4.90 Å². The number of aryl methyl sites for hydroxylation is 1. The van der Waals surface area contributed by atoms with Gasteiger partial charge in [-0.15, -0.1) is 0 Å². The number of fused-ring (bicyclic) bond motifs is 1. The summed E-state index contributed by atoms with van der Waals surface area (Å²) in [5, 5.41) is 8.72. The Morgan fingerprint density at radius 2 is 1.86 bits per heavy atom. The van der Waals surface area contributed by atoms with Crippen molar-refractivity contribution in [1.82, 2.24) is 0 Å². The average molecular weight is 313 g/mol. The molecule has 0 aromatic heterocycles. The molecule has 3 rings (SSSR count). The van der Waals surface area contributed by atoms with E-state index in [0.29, 0.717) is 5.56 Å². The molecule has 1 amide bonds. The minimum Gasteiger partial charge on any atom is -0.481 e. The van der Waals surface area contributed by atoms with E-state index >= 15 is 0 Å². The van der Waals surface area contributed by atoms with E-state index < -0.39 is 11.3 Å². The molecular formula is C17H15NO3S. The van der Waals surface area contributed by atoms with E-state index in [2.05, 4.69) is 0 Å². The summed E-state index contributed by atoms with van der Waals surface area (Å²) in [4.78, 5) is 26.4. The monoisotopic (exact) mass is 313 g/mol. The van der Waals surface area contributed by atoms with Crippen LogP contribution >= 0.6 is 11.8 Å². The first-order valence-corrected chi connectivity index (χ1v) is 7.82. The Kier molecular flexibility index (Phi) is 3.90. The van der Waals surface area contributed by atoms with Crippen molar-refractivity contribution < 1.29 is 14.7 Å². The molecule has 1 unspecified atom stereocenters. The first-order chi connectivity index (χ1) is 10.6. The summed E-state index contributed by atoms with van der Waals surface area (Å²) in [6, 6.07) is 14.9. The first-order valence-electron chi connectivity index (χ1n) is 6.94. The number of carbonyl (C=O) groups is 2. The summed E-state index contributed by atoms with van der Waals surface area (Å²) in [5.74, 6) is -1.06. The number of nitrogens with zero attached hydrogens (tertiary/aromatic N) is 1. The second kappa shape index (κ2) is 5.85. The molecule has 0 saturated carbocycles. The molecule has 112 valence electrons. The predicted octanol–water partition coefficient (Wildman–Crippen LogP) is 3.55. The van der Waals surface area contributed by atoms with Crippen molar-refractivity contribution in [3.63, 3.8) is 0 Å². The molecule has 4 nitrogen and oxygen atoms in total. The Morgan fingerprint density at radius 3 is 2.55 bits per heavy atom. The largest absolute Gasteiger partial charge is 0.481 e. The molecule has 0 saturated heterocycles. The summed E-state index contributed by atoms with van der Waals surface area (Å²) in [5.41, 5.74) is 2.44. The van der Waals surface area contributed by atoms with Crippen LogP contribution in [0.4, 0.5) is 5.69 Å². The van der Waals surface area contributed by atoms with Crippen LogP contribution in [0.15, 0.2) is 53.4 Å². The number of carboxylic acids is 1. The number of benzene rings is 2. The van der Waals surface area contributed by atoms with Crippen LogP contribution in [0.2, 0.25) is 0 Å². The Bertz CT molecular complexity index is 727. The minimum absolute atomic E-state index is 0.0986. The lowest BCUT2D eigenvalue weighted by molar-refractivity contribution is -0.136. The number of hydrogen-bond donors (Lipinski definition) is 1. The van der Waals surface area contributed by atoms with E-state index in [1.54, 1.807) is 11.0 Å². The van der Waals surface area contributed by atoms with Gasteiger partial charge in [0, 0.05) is 10.6 Å². The normalized spacial score (nSPS) is 17.2. The van der Waals surface area contributed by atoms with Crippen molar-refractivity contribution in [3.05, 3.63) is 59.7 Å². The van der Waals surface area contributed by atoms with Crippen molar-refractivity contribution in [2.75, 3.05) is 4.90 Å². The van der Waals surface area contributed by atoms with Crippen LogP contribution in [0.25, 0.3) is 0 Å². The number of carboxylic acid groups (broad SMARTS) is 1. The standard InChI is InChI=1S/C17H15NO3S/c1-11-6-8-12(9-7-11)18-15(10-16(19)20)22-14-5-3-2-4-13(14)17(18)21/h2-9,15H,10H2,1H3,(H,19,20). The van der Waals surface area contributed by atoms with Gasteiger partial charge in [0.2, 0.25) is 0 Å². The lowest BCUT2D eigenvalue weighted by Crippen LogP contribution is -2.42. The lowest BCUT2D eigenvalue weighted by atomic mass is 10.1. The minimum atomic E-state index is -0.915. The molecule has 5 heteroatoms. The van der Waals surface area contributed by atoms with Crippen LogP contribution in [0.5, 0.6) is 0 Å². The third kappa shape index (κ3) is 2.72. The fourth-order valence-corrected chi connectivity index (χ4v) is 3.76. The molecule has 0 aliphatic carbocycles. The van der Waals surface area contributed by atoms with Gasteiger partial charge in [0.1, 0.15) is 0 Å². The Labute approximate surface area is 132 Å². The van der Waals surface area contributed by atoms with Crippen LogP contribution in [-0.2, 0) is 4.79 Å². The number of aliphatic carboxylic acids is 1. The van der Waals surface area contributed by atoms with Gasteiger partial charge in [-0.1, -0.05) is 41.6 Å². The topological polar surface area (TPSA) is 57.6 Å². The third-order valence-electron chi connectivity index (χ3n) is 3.55. The van der Waals surface area contributed by atoms with E-state index in [-0.39, 0.29) is 12.3 Å². The third-order valence-corrected chi connectivity index (χ3v) is 4.81. The zero-order chi connectivity index (χ0) is 15.7. The zero-order valence-corrected chi connectivity index (χ0v) is 12.8. The Morgan fingerprint density at radius 1 is 1.18 bits per heavy atom. The molecular weight excluding hydrogens is 298 g/mol. The van der Waals surface area contributed by atoms with Crippen molar-refractivity contribution in [1.29, 1.82) is 0 Å². The van der Waals surface area contributed by atoms with Gasteiger partial charge in [0.15, 0.2) is 0 Å². The molecule has 1 aliphatic rings. The first kappa shape index (κ1) is 14.7. The lowest BCUT2D eigenvalue weighted by Gasteiger charge is -2.35. The highest BCUT2D eigenvalue weighted by atomic mass is 32.2. The zero-order valence-electron chi connectivity index (χ0n) is 12.0. The molecule has 1 N–H and O–H groups in total. The highest BCUT2D eigenvalue weighted by Gasteiger charge is 2.35. The van der Waals surface area contributed by atoms with Gasteiger partial charge in [0.05, 0.1) is 17.4 Å².